The van der Waals surface area contributed by atoms with Crippen molar-refractivity contribution in [3.63, 3.8) is 0 Å². The van der Waals surface area contributed by atoms with Gasteiger partial charge in [0.1, 0.15) is 31.0 Å². The first-order valence-corrected chi connectivity index (χ1v) is 10.3. The number of benzene rings is 2. The molecule has 1 aliphatic rings. The lowest BCUT2D eigenvalue weighted by molar-refractivity contribution is -0.278. The van der Waals surface area contributed by atoms with Gasteiger partial charge in [0, 0.05) is 6.92 Å². The molecule has 0 aliphatic carbocycles. The van der Waals surface area contributed by atoms with Gasteiger partial charge in [-0.1, -0.05) is 12.1 Å². The van der Waals surface area contributed by atoms with E-state index in [-0.39, 0.29) is 17.1 Å². The Labute approximate surface area is 198 Å². The van der Waals surface area contributed by atoms with Crippen molar-refractivity contribution in [2.24, 2.45) is 0 Å². The number of aliphatic hydroxyl groups excluding tert-OH is 3. The number of ether oxygens (including phenoxy) is 3. The minimum atomic E-state index is -1.77. The van der Waals surface area contributed by atoms with Crippen molar-refractivity contribution in [1.29, 1.82) is 0 Å². The highest BCUT2D eigenvalue weighted by molar-refractivity contribution is 6.09. The molecule has 35 heavy (non-hydrogen) atoms. The molecule has 3 rings (SSSR count). The van der Waals surface area contributed by atoms with E-state index >= 15 is 0 Å². The molecule has 1 heterocycles. The number of aromatic hydroxyl groups is 4. The number of phenolic OH excluding ortho intramolecular Hbond substituents is 4. The number of allylic oxidation sites excluding steroid dienone is 1. The van der Waals surface area contributed by atoms with Crippen LogP contribution in [0, 0.1) is 0 Å². The van der Waals surface area contributed by atoms with E-state index in [9.17, 15) is 45.3 Å². The summed E-state index contributed by atoms with van der Waals surface area (Å²) in [5.41, 5.74) is 0.0761. The van der Waals surface area contributed by atoms with E-state index in [4.69, 9.17) is 14.2 Å². The molecule has 12 heteroatoms. The van der Waals surface area contributed by atoms with Gasteiger partial charge >= 0.3 is 5.97 Å². The van der Waals surface area contributed by atoms with Gasteiger partial charge in [-0.25, -0.2) is 0 Å². The molecule has 0 bridgehead atoms. The number of rotatable bonds is 7. The van der Waals surface area contributed by atoms with Gasteiger partial charge in [0.15, 0.2) is 28.8 Å². The summed E-state index contributed by atoms with van der Waals surface area (Å²) >= 11 is 0. The summed E-state index contributed by atoms with van der Waals surface area (Å²) in [6.45, 7) is 0.678. The minimum absolute atomic E-state index is 0.303. The van der Waals surface area contributed by atoms with Crippen LogP contribution in [-0.4, -0.2) is 84.8 Å². The van der Waals surface area contributed by atoms with Gasteiger partial charge in [0.25, 0.3) is 0 Å². The van der Waals surface area contributed by atoms with Gasteiger partial charge < -0.3 is 50.0 Å². The van der Waals surface area contributed by atoms with Crippen molar-refractivity contribution in [2.75, 3.05) is 6.61 Å². The monoisotopic (exact) mass is 492 g/mol. The summed E-state index contributed by atoms with van der Waals surface area (Å²) in [6.07, 6.45) is -5.64. The summed E-state index contributed by atoms with van der Waals surface area (Å²) in [5, 5.41) is 69.7. The fraction of sp³-hybridized carbons (Fsp3) is 0.304. The Morgan fingerprint density at radius 1 is 0.943 bits per heavy atom. The number of esters is 1. The summed E-state index contributed by atoms with van der Waals surface area (Å²) in [4.78, 5) is 23.5. The van der Waals surface area contributed by atoms with E-state index in [1.807, 2.05) is 0 Å². The summed E-state index contributed by atoms with van der Waals surface area (Å²) in [7, 11) is 0. The molecule has 1 aliphatic heterocycles. The van der Waals surface area contributed by atoms with Crippen LogP contribution in [0.25, 0.3) is 6.08 Å². The second-order valence-electron chi connectivity index (χ2n) is 7.69. The van der Waals surface area contributed by atoms with Gasteiger partial charge in [-0.2, -0.15) is 0 Å². The Bertz CT molecular complexity index is 1130. The van der Waals surface area contributed by atoms with Crippen LogP contribution >= 0.6 is 0 Å². The molecular formula is C23H24O12. The van der Waals surface area contributed by atoms with Crippen LogP contribution in [-0.2, 0) is 14.3 Å². The van der Waals surface area contributed by atoms with E-state index in [2.05, 4.69) is 0 Å². The lowest BCUT2D eigenvalue weighted by atomic mass is 9.99. The van der Waals surface area contributed by atoms with Crippen LogP contribution in [0.3, 0.4) is 0 Å². The first-order valence-electron chi connectivity index (χ1n) is 10.3. The lowest BCUT2D eigenvalue weighted by Crippen LogP contribution is -2.60. The second-order valence-corrected chi connectivity index (χ2v) is 7.69. The standard InChI is InChI=1S/C23H24O12/c1-10(24)33-9-17-20(30)21(31)22(32)23(35-17)34-16-7-4-12(18(28)19(16)29)13(25)5-2-11-3-6-14(26)15(27)8-11/h2-8,17,20-23,26-32H,9H2,1H3. The largest absolute Gasteiger partial charge is 0.504 e. The number of hydrogen-bond acceptors (Lipinski definition) is 12. The maximum absolute atomic E-state index is 12.5. The van der Waals surface area contributed by atoms with E-state index in [0.29, 0.717) is 5.56 Å². The summed E-state index contributed by atoms with van der Waals surface area (Å²) in [5.74, 6) is -4.22. The van der Waals surface area contributed by atoms with Crippen LogP contribution in [0.2, 0.25) is 0 Å². The van der Waals surface area contributed by atoms with Crippen LogP contribution in [0.5, 0.6) is 28.7 Å². The highest BCUT2D eigenvalue weighted by Gasteiger charge is 2.45. The fourth-order valence-corrected chi connectivity index (χ4v) is 3.24. The van der Waals surface area contributed by atoms with Crippen molar-refractivity contribution in [1.82, 2.24) is 0 Å². The molecule has 5 unspecified atom stereocenters. The van der Waals surface area contributed by atoms with Gasteiger partial charge in [0.05, 0.1) is 5.56 Å². The van der Waals surface area contributed by atoms with Crippen molar-refractivity contribution in [2.45, 2.75) is 37.6 Å². The van der Waals surface area contributed by atoms with Crippen LogP contribution < -0.4 is 4.74 Å². The van der Waals surface area contributed by atoms with Crippen LogP contribution in [0.1, 0.15) is 22.8 Å². The van der Waals surface area contributed by atoms with E-state index in [0.717, 1.165) is 25.1 Å². The molecule has 7 N–H and O–H groups in total. The Kier molecular flexibility index (Phi) is 7.82. The number of hydrogen-bond donors (Lipinski definition) is 7. The fourth-order valence-electron chi connectivity index (χ4n) is 3.24. The Morgan fingerprint density at radius 2 is 1.66 bits per heavy atom. The van der Waals surface area contributed by atoms with Crippen molar-refractivity contribution < 1.29 is 59.5 Å². The van der Waals surface area contributed by atoms with E-state index < -0.39 is 66.3 Å². The Morgan fingerprint density at radius 3 is 2.31 bits per heavy atom. The molecule has 12 nitrogen and oxygen atoms in total. The maximum atomic E-state index is 12.5. The molecule has 0 saturated carbocycles. The molecule has 1 saturated heterocycles. The third-order valence-corrected chi connectivity index (χ3v) is 5.17. The van der Waals surface area contributed by atoms with Crippen LogP contribution in [0.15, 0.2) is 36.4 Å². The van der Waals surface area contributed by atoms with Crippen LogP contribution in [0.4, 0.5) is 0 Å². The zero-order valence-corrected chi connectivity index (χ0v) is 18.3. The molecule has 0 aromatic heterocycles. The first kappa shape index (κ1) is 25.8. The van der Waals surface area contributed by atoms with Crippen molar-refractivity contribution >= 4 is 17.8 Å². The normalized spacial score (nSPS) is 24.3. The molecule has 0 spiro atoms. The van der Waals surface area contributed by atoms with Crippen molar-refractivity contribution in [3.8, 4) is 28.7 Å². The molecule has 2 aromatic rings. The van der Waals surface area contributed by atoms with Gasteiger partial charge in [-0.05, 0) is 35.9 Å². The molecule has 0 radical (unpaired) electrons. The predicted molar refractivity (Wildman–Crippen MR) is 117 cm³/mol. The first-order chi connectivity index (χ1) is 16.5. The smallest absolute Gasteiger partial charge is 0.302 e. The Hall–Kier alpha value is -3.84. The third kappa shape index (κ3) is 5.81. The lowest BCUT2D eigenvalue weighted by Gasteiger charge is -2.39. The van der Waals surface area contributed by atoms with Crippen molar-refractivity contribution in [3.05, 3.63) is 47.5 Å². The number of carbonyl (C=O) groups is 2. The SMILES string of the molecule is CC(=O)OCC1OC(Oc2ccc(C(=O)C=Cc3ccc(O)c(O)c3)c(O)c2O)C(O)C(O)C1O. The summed E-state index contributed by atoms with van der Waals surface area (Å²) in [6, 6.07) is 6.11. The zero-order chi connectivity index (χ0) is 25.9. The highest BCUT2D eigenvalue weighted by Crippen LogP contribution is 2.40. The molecule has 5 atom stereocenters. The number of aliphatic hydroxyl groups is 3. The molecule has 0 amide bonds. The quantitative estimate of drug-likeness (QED) is 0.119. The van der Waals surface area contributed by atoms with Gasteiger partial charge in [-0.15, -0.1) is 0 Å². The number of phenols is 4. The topological polar surface area (TPSA) is 203 Å². The second kappa shape index (κ2) is 10.6. The minimum Gasteiger partial charge on any atom is -0.504 e. The molecule has 1 fully saturated rings. The van der Waals surface area contributed by atoms with E-state index in [1.165, 1.54) is 24.3 Å². The predicted octanol–water partition coefficient (Wildman–Crippen LogP) is 0.155. The summed E-state index contributed by atoms with van der Waals surface area (Å²) < 4.78 is 15.4. The Balaban J connectivity index is 1.76. The van der Waals surface area contributed by atoms with Gasteiger partial charge in [-0.3, -0.25) is 9.59 Å². The molecule has 188 valence electrons. The molecule has 2 aromatic carbocycles. The average Bonchev–Trinajstić information content (AvgIpc) is 2.82. The maximum Gasteiger partial charge on any atom is 0.302 e. The average molecular weight is 492 g/mol. The highest BCUT2D eigenvalue weighted by atomic mass is 16.7. The zero-order valence-electron chi connectivity index (χ0n) is 18.3. The number of carbonyl (C=O) groups excluding carboxylic acids is 2. The third-order valence-electron chi connectivity index (χ3n) is 5.17. The molecular weight excluding hydrogens is 468 g/mol. The van der Waals surface area contributed by atoms with E-state index in [1.54, 1.807) is 0 Å². The number of ketones is 1. The van der Waals surface area contributed by atoms with Gasteiger partial charge in [0.2, 0.25) is 12.0 Å².